The van der Waals surface area contributed by atoms with Gasteiger partial charge in [0.25, 0.3) is 11.4 Å². The smallest absolute Gasteiger partial charge is 0.311 e. The fourth-order valence-corrected chi connectivity index (χ4v) is 11.7. The van der Waals surface area contributed by atoms with Crippen LogP contribution in [0.2, 0.25) is 0 Å². The summed E-state index contributed by atoms with van der Waals surface area (Å²) in [6.07, 6.45) is 4.25. The van der Waals surface area contributed by atoms with Gasteiger partial charge in [-0.25, -0.2) is 0 Å². The van der Waals surface area contributed by atoms with Crippen molar-refractivity contribution >= 4 is 23.1 Å². The van der Waals surface area contributed by atoms with Crippen LogP contribution in [0.4, 0.5) is 11.4 Å². The van der Waals surface area contributed by atoms with Crippen LogP contribution in [0.15, 0.2) is 30.4 Å². The van der Waals surface area contributed by atoms with Crippen molar-refractivity contribution in [1.82, 2.24) is 0 Å². The lowest BCUT2D eigenvalue weighted by molar-refractivity contribution is -0.409. The third-order valence-electron chi connectivity index (χ3n) is 16.2. The van der Waals surface area contributed by atoms with E-state index in [-0.39, 0.29) is 35.2 Å². The summed E-state index contributed by atoms with van der Waals surface area (Å²) in [6.45, 7) is 18.9. The van der Waals surface area contributed by atoms with Gasteiger partial charge in [0, 0.05) is 47.8 Å². The highest BCUT2D eigenvalue weighted by molar-refractivity contribution is 5.84. The lowest BCUT2D eigenvalue weighted by Crippen LogP contribution is -2.63. The molecule has 17 heteroatoms. The Balaban J connectivity index is 1.12. The lowest BCUT2D eigenvalue weighted by Gasteiger charge is -2.54. The number of ether oxygens (including phenoxy) is 6. The number of carbonyl (C=O) groups excluding carboxylic acids is 2. The van der Waals surface area contributed by atoms with Crippen molar-refractivity contribution in [3.05, 3.63) is 56.1 Å². The topological polar surface area (TPSA) is 236 Å². The van der Waals surface area contributed by atoms with E-state index in [1.165, 1.54) is 0 Å². The summed E-state index contributed by atoms with van der Waals surface area (Å²) in [6, 6.07) is 3.11. The van der Waals surface area contributed by atoms with Gasteiger partial charge < -0.3 is 43.7 Å². The molecule has 0 bridgehead atoms. The standard InChI is InChI=1S/C49H74N2O15/c1-11-36(45(55)61-26-33-23-34(50(57)58)25-35(24-33)51(59)60)38-15-14-27(4)43(63-38)31(8)41(53)30(7)42(54)37(12-2)44-28(5)22-29(6)48(64-44)19-16-39(52)49(66-48)21-20-46(10,65-49)40-17-18-47(56,13-3)32(9)62-40/h16,19,23-25,27-32,36-41,43-44,52-53,56H,11-15,17-18,20-22,26H2,1-10H3/t27-,28-,29+,30-,31-,32-,36+,37-,38+,39+,40+,41+,43+,44-,46-,47+,48-,49-/m0/s1. The number of Topliss-reactive ketones (excluding diaryl/α,β-unsaturated/α-hetero) is 1. The fraction of sp³-hybridized carbons (Fsp3) is 0.796. The Hall–Kier alpha value is -3.42. The molecular formula is C49H74N2O15. The fourth-order valence-electron chi connectivity index (χ4n) is 11.7. The molecule has 0 radical (unpaired) electrons. The molecule has 0 aliphatic carbocycles. The zero-order valence-electron chi connectivity index (χ0n) is 40.4. The van der Waals surface area contributed by atoms with Crippen molar-refractivity contribution in [3.8, 4) is 0 Å². The molecule has 5 aliphatic heterocycles. The summed E-state index contributed by atoms with van der Waals surface area (Å²) in [7, 11) is 0. The van der Waals surface area contributed by atoms with Gasteiger partial charge in [-0.2, -0.15) is 0 Å². The molecule has 2 spiro atoms. The molecular weight excluding hydrogens is 857 g/mol. The van der Waals surface area contributed by atoms with E-state index < -0.39 is 117 Å². The van der Waals surface area contributed by atoms with Gasteiger partial charge in [0.2, 0.25) is 5.79 Å². The summed E-state index contributed by atoms with van der Waals surface area (Å²) in [5, 5.41) is 57.4. The number of esters is 1. The van der Waals surface area contributed by atoms with E-state index in [1.807, 2.05) is 55.4 Å². The Morgan fingerprint density at radius 3 is 2.12 bits per heavy atom. The van der Waals surface area contributed by atoms with E-state index in [4.69, 9.17) is 28.4 Å². The Kier molecular flexibility index (Phi) is 16.0. The molecule has 3 N–H and O–H groups in total. The predicted octanol–water partition coefficient (Wildman–Crippen LogP) is 7.66. The maximum absolute atomic E-state index is 14.7. The highest BCUT2D eigenvalue weighted by Crippen LogP contribution is 2.54. The summed E-state index contributed by atoms with van der Waals surface area (Å²) < 4.78 is 39.3. The van der Waals surface area contributed by atoms with Crippen LogP contribution in [0, 0.1) is 61.7 Å². The Morgan fingerprint density at radius 2 is 1.53 bits per heavy atom. The third kappa shape index (κ3) is 10.1. The molecule has 5 aliphatic rings. The first-order valence-electron chi connectivity index (χ1n) is 24.3. The maximum atomic E-state index is 14.7. The summed E-state index contributed by atoms with van der Waals surface area (Å²) in [5.41, 5.74) is -2.57. The third-order valence-corrected chi connectivity index (χ3v) is 16.2. The molecule has 370 valence electrons. The van der Waals surface area contributed by atoms with Crippen LogP contribution in [-0.4, -0.2) is 102 Å². The number of non-ortho nitro benzene ring substituents is 2. The first-order chi connectivity index (χ1) is 31.0. The number of hydrogen-bond donors (Lipinski definition) is 3. The Bertz CT molecular complexity index is 1930. The van der Waals surface area contributed by atoms with Crippen molar-refractivity contribution in [2.24, 2.45) is 41.4 Å². The second-order valence-corrected chi connectivity index (χ2v) is 20.6. The molecule has 5 heterocycles. The minimum atomic E-state index is -1.42. The van der Waals surface area contributed by atoms with Crippen LogP contribution in [0.3, 0.4) is 0 Å². The number of aliphatic hydroxyl groups excluding tert-OH is 2. The molecule has 18 atom stereocenters. The van der Waals surface area contributed by atoms with E-state index >= 15 is 0 Å². The average molecular weight is 931 g/mol. The molecule has 4 saturated heterocycles. The van der Waals surface area contributed by atoms with Crippen molar-refractivity contribution in [1.29, 1.82) is 0 Å². The minimum absolute atomic E-state index is 0.0117. The summed E-state index contributed by atoms with van der Waals surface area (Å²) in [4.78, 5) is 49.5. The van der Waals surface area contributed by atoms with Gasteiger partial charge >= 0.3 is 5.97 Å². The van der Waals surface area contributed by atoms with Crippen LogP contribution in [0.1, 0.15) is 139 Å². The first kappa shape index (κ1) is 52.0. The average Bonchev–Trinajstić information content (AvgIpc) is 3.63. The highest BCUT2D eigenvalue weighted by atomic mass is 16.8. The van der Waals surface area contributed by atoms with E-state index in [9.17, 15) is 45.1 Å². The van der Waals surface area contributed by atoms with E-state index in [2.05, 4.69) is 6.92 Å². The number of rotatable bonds is 16. The van der Waals surface area contributed by atoms with Crippen LogP contribution >= 0.6 is 0 Å². The van der Waals surface area contributed by atoms with Gasteiger partial charge in [0.1, 0.15) is 18.5 Å². The quantitative estimate of drug-likeness (QED) is 0.0624. The van der Waals surface area contributed by atoms with Gasteiger partial charge in [-0.1, -0.05) is 55.4 Å². The van der Waals surface area contributed by atoms with Gasteiger partial charge in [0.05, 0.1) is 69.7 Å². The maximum Gasteiger partial charge on any atom is 0.311 e. The number of nitro groups is 2. The number of aliphatic hydroxyl groups is 3. The van der Waals surface area contributed by atoms with Gasteiger partial charge in [0.15, 0.2) is 5.79 Å². The molecule has 0 aromatic heterocycles. The van der Waals surface area contributed by atoms with E-state index in [0.717, 1.165) is 18.2 Å². The molecule has 1 aromatic carbocycles. The molecule has 66 heavy (non-hydrogen) atoms. The normalized spacial score (nSPS) is 39.2. The van der Waals surface area contributed by atoms with Gasteiger partial charge in [-0.15, -0.1) is 0 Å². The first-order valence-corrected chi connectivity index (χ1v) is 24.3. The Morgan fingerprint density at radius 1 is 0.879 bits per heavy atom. The number of ketones is 1. The number of nitrogens with zero attached hydrogens (tertiary/aromatic N) is 2. The summed E-state index contributed by atoms with van der Waals surface area (Å²) >= 11 is 0. The molecule has 1 aromatic rings. The Labute approximate surface area is 388 Å². The van der Waals surface area contributed by atoms with Crippen LogP contribution in [0.5, 0.6) is 0 Å². The highest BCUT2D eigenvalue weighted by Gasteiger charge is 2.63. The second-order valence-electron chi connectivity index (χ2n) is 20.6. The minimum Gasteiger partial charge on any atom is -0.461 e. The van der Waals surface area contributed by atoms with Gasteiger partial charge in [-0.3, -0.25) is 29.8 Å². The van der Waals surface area contributed by atoms with Crippen molar-refractivity contribution in [3.63, 3.8) is 0 Å². The molecule has 0 amide bonds. The number of benzene rings is 1. The van der Waals surface area contributed by atoms with E-state index in [0.29, 0.717) is 64.2 Å². The second kappa shape index (κ2) is 20.3. The SMILES string of the molecule is CC[C@@H](C(=O)[C@@H](C)[C@@H](O)[C@H](C)[C@@H]1O[C@@H]([C@@H](CC)C(=O)OCc2cc([N+](=O)[O-])cc([N+](=O)[O-])c2)CC[C@@H]1C)[C@H]1O[C@]2(C=C[C@@H](O)[C@]3(CC[C@@](C)([C@H]4CC[C@](O)(CC)[C@H](C)O4)O3)O2)[C@H](C)C[C@@H]1C. The molecule has 0 unspecified atom stereocenters. The van der Waals surface area contributed by atoms with Crippen molar-refractivity contribution < 1.29 is 63.2 Å². The van der Waals surface area contributed by atoms with Crippen LogP contribution < -0.4 is 0 Å². The molecule has 6 rings (SSSR count). The molecule has 17 nitrogen and oxygen atoms in total. The molecule has 4 fully saturated rings. The van der Waals surface area contributed by atoms with Crippen molar-refractivity contribution in [2.75, 3.05) is 0 Å². The molecule has 0 saturated carbocycles. The van der Waals surface area contributed by atoms with Crippen LogP contribution in [0.25, 0.3) is 0 Å². The van der Waals surface area contributed by atoms with E-state index in [1.54, 1.807) is 19.1 Å². The number of carbonyl (C=O) groups is 2. The zero-order chi connectivity index (χ0) is 48.7. The number of hydrogen-bond acceptors (Lipinski definition) is 15. The zero-order valence-corrected chi connectivity index (χ0v) is 40.4. The summed E-state index contributed by atoms with van der Waals surface area (Å²) in [5.74, 6) is -6.34. The lowest BCUT2D eigenvalue weighted by atomic mass is 9.72. The monoisotopic (exact) mass is 931 g/mol. The predicted molar refractivity (Wildman–Crippen MR) is 241 cm³/mol. The number of nitro benzene ring substituents is 2. The van der Waals surface area contributed by atoms with Crippen LogP contribution in [-0.2, 0) is 44.6 Å². The van der Waals surface area contributed by atoms with Gasteiger partial charge in [-0.05, 0) is 95.6 Å². The largest absolute Gasteiger partial charge is 0.461 e. The van der Waals surface area contributed by atoms with Crippen molar-refractivity contribution in [2.45, 2.75) is 206 Å².